The molecule has 0 saturated heterocycles. The fraction of sp³-hybridized carbons (Fsp3) is 0.211. The highest BCUT2D eigenvalue weighted by molar-refractivity contribution is 6.15. The van der Waals surface area contributed by atoms with Gasteiger partial charge < -0.3 is 18.3 Å². The van der Waals surface area contributed by atoms with E-state index in [0.717, 1.165) is 22.7 Å². The van der Waals surface area contributed by atoms with E-state index in [4.69, 9.17) is 0 Å². The fourth-order valence-electron chi connectivity index (χ4n) is 12.8. The normalized spacial score (nSPS) is 13.0. The van der Waals surface area contributed by atoms with Gasteiger partial charge >= 0.3 is 0 Å². The second kappa shape index (κ2) is 17.4. The summed E-state index contributed by atoms with van der Waals surface area (Å²) in [7, 11) is 0. The van der Waals surface area contributed by atoms with Gasteiger partial charge in [-0.15, -0.1) is 0 Å². The number of benzene rings is 10. The molecular weight excluding hydrogens is 969 g/mol. The lowest BCUT2D eigenvalue weighted by molar-refractivity contribution is 0.590. The van der Waals surface area contributed by atoms with E-state index in [2.05, 4.69) is 308 Å². The standard InChI is InChI=1S/C76H70N4/c1-73(2,3)49-25-35-65-61(41-49)62-42-50(74(4,5)6)26-36-66(62)79(65)55-29-33-59-57-31-23-47(39-69(57)77(71(59)45-55)53-19-15-13-16-20-53)48-24-32-58-60-34-30-56(46-72(60)78(70(58)40-48)54-21-17-14-18-22-54)80-67-37-27-51(75(7,8)9)43-63(67)64-44-52(76(10,11)12)28-38-68(64)80/h13-46H,1-12H3. The van der Waals surface area contributed by atoms with Crippen molar-refractivity contribution < 1.29 is 0 Å². The van der Waals surface area contributed by atoms with Crippen LogP contribution in [0.4, 0.5) is 0 Å². The van der Waals surface area contributed by atoms with Crippen LogP contribution >= 0.6 is 0 Å². The molecular formula is C76H70N4. The number of nitrogens with zero attached hydrogens (tertiary/aromatic N) is 4. The average Bonchev–Trinajstić information content (AvgIpc) is 4.05. The summed E-state index contributed by atoms with van der Waals surface area (Å²) in [5, 5.41) is 10.1. The summed E-state index contributed by atoms with van der Waals surface area (Å²) in [6.07, 6.45) is 0. The van der Waals surface area contributed by atoms with Gasteiger partial charge in [0.1, 0.15) is 0 Å². The van der Waals surface area contributed by atoms with Gasteiger partial charge in [0.2, 0.25) is 0 Å². The fourth-order valence-corrected chi connectivity index (χ4v) is 12.8. The van der Waals surface area contributed by atoms with Crippen LogP contribution in [0.3, 0.4) is 0 Å². The quantitative estimate of drug-likeness (QED) is 0.164. The smallest absolute Gasteiger partial charge is 0.0561 e. The molecule has 4 aromatic heterocycles. The highest BCUT2D eigenvalue weighted by Crippen LogP contribution is 2.44. The molecule has 80 heavy (non-hydrogen) atoms. The van der Waals surface area contributed by atoms with Crippen molar-refractivity contribution in [1.82, 2.24) is 18.3 Å². The Morgan fingerprint density at radius 3 is 0.750 bits per heavy atom. The molecule has 0 bridgehead atoms. The van der Waals surface area contributed by atoms with E-state index in [0.29, 0.717) is 0 Å². The summed E-state index contributed by atoms with van der Waals surface area (Å²) >= 11 is 0. The van der Waals surface area contributed by atoms with E-state index in [1.165, 1.54) is 121 Å². The van der Waals surface area contributed by atoms with Gasteiger partial charge in [0.15, 0.2) is 0 Å². The van der Waals surface area contributed by atoms with Gasteiger partial charge in [0.05, 0.1) is 44.1 Å². The van der Waals surface area contributed by atoms with Crippen molar-refractivity contribution in [3.8, 4) is 33.9 Å². The summed E-state index contributed by atoms with van der Waals surface area (Å²) in [6.45, 7) is 27.7. The Balaban J connectivity index is 0.953. The van der Waals surface area contributed by atoms with Crippen molar-refractivity contribution >= 4 is 87.2 Å². The summed E-state index contributed by atoms with van der Waals surface area (Å²) in [5.74, 6) is 0. The van der Waals surface area contributed by atoms with Gasteiger partial charge in [0, 0.05) is 65.8 Å². The van der Waals surface area contributed by atoms with Gasteiger partial charge in [-0.3, -0.25) is 0 Å². The molecule has 0 aliphatic carbocycles. The Morgan fingerprint density at radius 2 is 0.463 bits per heavy atom. The molecule has 0 saturated carbocycles. The SMILES string of the molecule is CC(C)(C)c1ccc2c(c1)c1cc(C(C)(C)C)ccc1n2-c1ccc2c3ccc(-c4ccc5c6ccc(-n7c8ccc(C(C)(C)C)cc8c8cc(C(C)(C)C)ccc87)cc6n(-c6ccccc6)c5c4)cc3n(-c3ccccc3)c2c1. The molecule has 0 fully saturated rings. The minimum Gasteiger partial charge on any atom is -0.309 e. The molecule has 0 amide bonds. The lowest BCUT2D eigenvalue weighted by Gasteiger charge is -2.19. The van der Waals surface area contributed by atoms with Crippen LogP contribution in [0.2, 0.25) is 0 Å². The van der Waals surface area contributed by atoms with Crippen LogP contribution in [-0.4, -0.2) is 18.3 Å². The second-order valence-electron chi connectivity index (χ2n) is 26.8. The third-order valence-corrected chi connectivity index (χ3v) is 17.4. The van der Waals surface area contributed by atoms with Crippen LogP contribution in [0.25, 0.3) is 121 Å². The first-order valence-corrected chi connectivity index (χ1v) is 28.7. The van der Waals surface area contributed by atoms with Crippen LogP contribution in [0.15, 0.2) is 206 Å². The zero-order valence-electron chi connectivity index (χ0n) is 48.4. The van der Waals surface area contributed by atoms with Crippen molar-refractivity contribution in [2.24, 2.45) is 0 Å². The molecule has 4 heterocycles. The third-order valence-electron chi connectivity index (χ3n) is 17.4. The van der Waals surface area contributed by atoms with Crippen molar-refractivity contribution in [3.05, 3.63) is 229 Å². The maximum atomic E-state index is 2.49. The highest BCUT2D eigenvalue weighted by Gasteiger charge is 2.25. The zero-order chi connectivity index (χ0) is 55.4. The van der Waals surface area contributed by atoms with Crippen LogP contribution in [-0.2, 0) is 21.7 Å². The van der Waals surface area contributed by atoms with Gasteiger partial charge in [-0.05, 0) is 164 Å². The molecule has 0 N–H and O–H groups in total. The van der Waals surface area contributed by atoms with Crippen molar-refractivity contribution in [3.63, 3.8) is 0 Å². The van der Waals surface area contributed by atoms with Gasteiger partial charge in [0.25, 0.3) is 0 Å². The first-order chi connectivity index (χ1) is 38.2. The second-order valence-corrected chi connectivity index (χ2v) is 26.8. The summed E-state index contributed by atoms with van der Waals surface area (Å²) in [5.41, 5.74) is 22.0. The molecule has 0 aliphatic rings. The van der Waals surface area contributed by atoms with Crippen molar-refractivity contribution in [2.45, 2.75) is 105 Å². The van der Waals surface area contributed by atoms with E-state index in [-0.39, 0.29) is 21.7 Å². The molecule has 4 nitrogen and oxygen atoms in total. The van der Waals surface area contributed by atoms with Crippen LogP contribution in [0.5, 0.6) is 0 Å². The number of para-hydroxylation sites is 2. The first-order valence-electron chi connectivity index (χ1n) is 28.7. The molecule has 0 radical (unpaired) electrons. The Kier molecular flexibility index (Phi) is 10.8. The Morgan fingerprint density at radius 1 is 0.200 bits per heavy atom. The molecule has 0 unspecified atom stereocenters. The van der Waals surface area contributed by atoms with Gasteiger partial charge in [-0.25, -0.2) is 0 Å². The predicted octanol–water partition coefficient (Wildman–Crippen LogP) is 20.9. The topological polar surface area (TPSA) is 19.7 Å². The molecule has 14 aromatic rings. The molecule has 14 rings (SSSR count). The van der Waals surface area contributed by atoms with E-state index in [9.17, 15) is 0 Å². The van der Waals surface area contributed by atoms with Crippen molar-refractivity contribution in [2.75, 3.05) is 0 Å². The first kappa shape index (κ1) is 49.7. The maximum absolute atomic E-state index is 2.49. The predicted molar refractivity (Wildman–Crippen MR) is 344 cm³/mol. The Bertz CT molecular complexity index is 4380. The molecule has 0 aliphatic heterocycles. The number of hydrogen-bond acceptors (Lipinski definition) is 0. The molecule has 4 heteroatoms. The van der Waals surface area contributed by atoms with E-state index < -0.39 is 0 Å². The van der Waals surface area contributed by atoms with Crippen LogP contribution < -0.4 is 0 Å². The lowest BCUT2D eigenvalue weighted by Crippen LogP contribution is -2.10. The molecule has 10 aromatic carbocycles. The van der Waals surface area contributed by atoms with Crippen LogP contribution in [0, 0.1) is 0 Å². The van der Waals surface area contributed by atoms with E-state index in [1.54, 1.807) is 0 Å². The number of rotatable bonds is 5. The zero-order valence-corrected chi connectivity index (χ0v) is 48.4. The minimum atomic E-state index is 0.0266. The molecule has 0 atom stereocenters. The lowest BCUT2D eigenvalue weighted by atomic mass is 9.85. The summed E-state index contributed by atoms with van der Waals surface area (Å²) in [4.78, 5) is 0. The average molecular weight is 1040 g/mol. The third kappa shape index (κ3) is 7.85. The number of hydrogen-bond donors (Lipinski definition) is 0. The summed E-state index contributed by atoms with van der Waals surface area (Å²) < 4.78 is 9.92. The number of aromatic nitrogens is 4. The molecule has 394 valence electrons. The maximum Gasteiger partial charge on any atom is 0.0561 e. The molecule has 0 spiro atoms. The van der Waals surface area contributed by atoms with Crippen LogP contribution in [0.1, 0.15) is 105 Å². The van der Waals surface area contributed by atoms with Gasteiger partial charge in [-0.2, -0.15) is 0 Å². The monoisotopic (exact) mass is 1040 g/mol. The van der Waals surface area contributed by atoms with Gasteiger partial charge in [-0.1, -0.05) is 180 Å². The van der Waals surface area contributed by atoms with Crippen molar-refractivity contribution in [1.29, 1.82) is 0 Å². The minimum absolute atomic E-state index is 0.0266. The highest BCUT2D eigenvalue weighted by atomic mass is 15.0. The Labute approximate surface area is 470 Å². The Hall–Kier alpha value is -8.60. The number of fused-ring (bicyclic) bond motifs is 12. The summed E-state index contributed by atoms with van der Waals surface area (Å²) in [6, 6.07) is 78.6. The largest absolute Gasteiger partial charge is 0.309 e. The van der Waals surface area contributed by atoms with E-state index >= 15 is 0 Å². The van der Waals surface area contributed by atoms with E-state index in [1.807, 2.05) is 0 Å².